The van der Waals surface area contributed by atoms with Crippen LogP contribution < -0.4 is 0 Å². The minimum atomic E-state index is -1.51. The Bertz CT molecular complexity index is 493. The van der Waals surface area contributed by atoms with Crippen LogP contribution in [-0.2, 0) is 6.54 Å². The number of benzene rings is 1. The molecule has 118 valence electrons. The second kappa shape index (κ2) is 6.23. The smallest absolute Gasteiger partial charge is 0.121 e. The van der Waals surface area contributed by atoms with Crippen molar-refractivity contribution >= 4 is 22.5 Å². The molecule has 1 nitrogen and oxygen atoms in total. The van der Waals surface area contributed by atoms with Crippen LogP contribution >= 0.6 is 0 Å². The van der Waals surface area contributed by atoms with Gasteiger partial charge in [-0.15, -0.1) is 0 Å². The lowest BCUT2D eigenvalue weighted by molar-refractivity contribution is 0.547. The lowest BCUT2D eigenvalue weighted by atomic mass is 10.1. The normalized spacial score (nSPS) is 13.6. The standard InChI is InChI=1S/C18H33NSi2/c1-10-16-12-11-13-17(14-16)15-19(20(5,6)7)21(8,9)18(2,3)4/h10-14H,1,15H2,2-9H3. The van der Waals surface area contributed by atoms with Crippen LogP contribution in [0.1, 0.15) is 31.9 Å². The SMILES string of the molecule is C=Cc1cccc(CN([Si](C)(C)C)[Si](C)(C)C(C)(C)C)c1. The fraction of sp³-hybridized carbons (Fsp3) is 0.556. The average Bonchev–Trinajstić information content (AvgIpc) is 2.33. The number of rotatable bonds is 5. The maximum absolute atomic E-state index is 3.89. The molecule has 0 saturated carbocycles. The van der Waals surface area contributed by atoms with Gasteiger partial charge in [-0.3, -0.25) is 0 Å². The molecule has 1 rings (SSSR count). The molecule has 0 unspecified atom stereocenters. The minimum Gasteiger partial charge on any atom is -0.342 e. The van der Waals surface area contributed by atoms with E-state index in [0.717, 1.165) is 6.54 Å². The highest BCUT2D eigenvalue weighted by molar-refractivity contribution is 6.91. The summed E-state index contributed by atoms with van der Waals surface area (Å²) in [7, 11) is -2.88. The van der Waals surface area contributed by atoms with Crippen LogP contribution in [0.3, 0.4) is 0 Å². The molecule has 0 aliphatic rings. The van der Waals surface area contributed by atoms with E-state index in [1.54, 1.807) is 0 Å². The largest absolute Gasteiger partial charge is 0.342 e. The van der Waals surface area contributed by atoms with Gasteiger partial charge >= 0.3 is 0 Å². The third kappa shape index (κ3) is 4.41. The monoisotopic (exact) mass is 319 g/mol. The molecule has 0 aliphatic carbocycles. The highest BCUT2D eigenvalue weighted by Gasteiger charge is 2.45. The first-order valence-corrected chi connectivity index (χ1v) is 14.3. The quantitative estimate of drug-likeness (QED) is 0.604. The van der Waals surface area contributed by atoms with Gasteiger partial charge in [0.25, 0.3) is 0 Å². The lowest BCUT2D eigenvalue weighted by Gasteiger charge is -2.52. The van der Waals surface area contributed by atoms with Gasteiger partial charge in [0.1, 0.15) is 16.5 Å². The summed E-state index contributed by atoms with van der Waals surface area (Å²) in [5, 5.41) is 0.378. The predicted octanol–water partition coefficient (Wildman–Crippen LogP) is 5.97. The van der Waals surface area contributed by atoms with Crippen LogP contribution in [0.5, 0.6) is 0 Å². The molecule has 0 saturated heterocycles. The van der Waals surface area contributed by atoms with Crippen molar-refractivity contribution in [3.63, 3.8) is 0 Å². The average molecular weight is 320 g/mol. The van der Waals surface area contributed by atoms with Crippen molar-refractivity contribution < 1.29 is 0 Å². The molecule has 0 fully saturated rings. The van der Waals surface area contributed by atoms with Crippen molar-refractivity contribution in [3.05, 3.63) is 42.0 Å². The zero-order valence-corrected chi connectivity index (χ0v) is 17.2. The van der Waals surface area contributed by atoms with E-state index in [9.17, 15) is 0 Å². The maximum Gasteiger partial charge on any atom is 0.121 e. The summed E-state index contributed by atoms with van der Waals surface area (Å²) in [4.78, 5) is 0. The van der Waals surface area contributed by atoms with E-state index in [2.05, 4.69) is 88.6 Å². The zero-order valence-electron chi connectivity index (χ0n) is 15.2. The Labute approximate surface area is 134 Å². The maximum atomic E-state index is 3.89. The summed E-state index contributed by atoms with van der Waals surface area (Å²) in [6.45, 7) is 24.7. The molecule has 0 atom stereocenters. The van der Waals surface area contributed by atoms with Gasteiger partial charge < -0.3 is 4.23 Å². The van der Waals surface area contributed by atoms with Crippen LogP contribution in [-0.4, -0.2) is 20.7 Å². The van der Waals surface area contributed by atoms with Crippen LogP contribution in [0.15, 0.2) is 30.8 Å². The molecule has 0 N–H and O–H groups in total. The van der Waals surface area contributed by atoms with E-state index in [4.69, 9.17) is 0 Å². The van der Waals surface area contributed by atoms with Crippen molar-refractivity contribution in [1.82, 2.24) is 4.23 Å². The molecule has 0 aromatic heterocycles. The Morgan fingerprint density at radius 1 is 1.10 bits per heavy atom. The molecule has 0 radical (unpaired) electrons. The zero-order chi connectivity index (χ0) is 16.5. The van der Waals surface area contributed by atoms with E-state index in [0.29, 0.717) is 5.04 Å². The Kier molecular flexibility index (Phi) is 5.46. The van der Waals surface area contributed by atoms with Crippen LogP contribution in [0.4, 0.5) is 0 Å². The highest BCUT2D eigenvalue weighted by atomic mass is 28.4. The van der Waals surface area contributed by atoms with Crippen LogP contribution in [0, 0.1) is 0 Å². The molecule has 3 heteroatoms. The highest BCUT2D eigenvalue weighted by Crippen LogP contribution is 2.41. The van der Waals surface area contributed by atoms with E-state index >= 15 is 0 Å². The molecule has 0 heterocycles. The first-order valence-electron chi connectivity index (χ1n) is 7.89. The van der Waals surface area contributed by atoms with Crippen LogP contribution in [0.2, 0.25) is 37.8 Å². The van der Waals surface area contributed by atoms with Gasteiger partial charge in [0.2, 0.25) is 0 Å². The minimum absolute atomic E-state index is 0.378. The molecular weight excluding hydrogens is 286 g/mol. The van der Waals surface area contributed by atoms with Crippen molar-refractivity contribution in [3.8, 4) is 0 Å². The van der Waals surface area contributed by atoms with Gasteiger partial charge in [-0.1, -0.05) is 90.4 Å². The van der Waals surface area contributed by atoms with Gasteiger partial charge in [0.15, 0.2) is 0 Å². The Morgan fingerprint density at radius 3 is 2.10 bits per heavy atom. The summed E-state index contributed by atoms with van der Waals surface area (Å²) in [5.74, 6) is 0. The predicted molar refractivity (Wildman–Crippen MR) is 103 cm³/mol. The fourth-order valence-electron chi connectivity index (χ4n) is 2.68. The molecular formula is C18H33NSi2. The lowest BCUT2D eigenvalue weighted by Crippen LogP contribution is -2.63. The number of hydrogen-bond donors (Lipinski definition) is 0. The summed E-state index contributed by atoms with van der Waals surface area (Å²) in [6, 6.07) is 8.82. The fourth-order valence-corrected chi connectivity index (χ4v) is 12.4. The first-order chi connectivity index (χ1) is 9.39. The van der Waals surface area contributed by atoms with Crippen LogP contribution in [0.25, 0.3) is 6.08 Å². The van der Waals surface area contributed by atoms with Crippen molar-refractivity contribution in [2.45, 2.75) is 65.1 Å². The summed E-state index contributed by atoms with van der Waals surface area (Å²) < 4.78 is 2.89. The molecule has 0 amide bonds. The van der Waals surface area contributed by atoms with Crippen molar-refractivity contribution in [2.24, 2.45) is 0 Å². The van der Waals surface area contributed by atoms with Crippen molar-refractivity contribution in [1.29, 1.82) is 0 Å². The number of nitrogens with zero attached hydrogens (tertiary/aromatic N) is 1. The molecule has 0 aliphatic heterocycles. The second-order valence-electron chi connectivity index (χ2n) is 8.52. The van der Waals surface area contributed by atoms with E-state index < -0.39 is 16.5 Å². The Morgan fingerprint density at radius 2 is 1.67 bits per heavy atom. The van der Waals surface area contributed by atoms with E-state index in [-0.39, 0.29) is 0 Å². The summed E-state index contributed by atoms with van der Waals surface area (Å²) in [5.41, 5.74) is 2.64. The second-order valence-corrected chi connectivity index (χ2v) is 19.0. The third-order valence-corrected chi connectivity index (χ3v) is 15.5. The Balaban J connectivity index is 3.19. The molecule has 0 bridgehead atoms. The van der Waals surface area contributed by atoms with Gasteiger partial charge in [0.05, 0.1) is 0 Å². The molecule has 1 aromatic carbocycles. The molecule has 21 heavy (non-hydrogen) atoms. The Hall–Kier alpha value is -0.646. The number of hydrogen-bond acceptors (Lipinski definition) is 1. The van der Waals surface area contributed by atoms with Gasteiger partial charge in [-0.25, -0.2) is 0 Å². The van der Waals surface area contributed by atoms with Gasteiger partial charge in [-0.05, 0) is 16.2 Å². The first kappa shape index (κ1) is 18.4. The molecule has 1 aromatic rings. The topological polar surface area (TPSA) is 3.24 Å². The van der Waals surface area contributed by atoms with E-state index in [1.165, 1.54) is 11.1 Å². The summed E-state index contributed by atoms with van der Waals surface area (Å²) in [6.07, 6.45) is 1.94. The van der Waals surface area contributed by atoms with Crippen molar-refractivity contribution in [2.75, 3.05) is 0 Å². The van der Waals surface area contributed by atoms with Gasteiger partial charge in [-0.2, -0.15) is 0 Å². The molecule has 0 spiro atoms. The summed E-state index contributed by atoms with van der Waals surface area (Å²) >= 11 is 0. The van der Waals surface area contributed by atoms with Gasteiger partial charge in [0, 0.05) is 6.54 Å². The van der Waals surface area contributed by atoms with E-state index in [1.807, 2.05) is 6.08 Å². The third-order valence-electron chi connectivity index (χ3n) is 4.85.